The second-order valence-electron chi connectivity index (χ2n) is 4.32. The second kappa shape index (κ2) is 5.17. The first kappa shape index (κ1) is 11.9. The minimum atomic E-state index is 0.0433. The highest BCUT2D eigenvalue weighted by atomic mass is 16.3. The number of aliphatic hydroxyl groups is 1. The molecule has 0 fully saturated rings. The van der Waals surface area contributed by atoms with Crippen molar-refractivity contribution in [2.45, 2.75) is 26.1 Å². The first-order valence-corrected chi connectivity index (χ1v) is 5.80. The van der Waals surface area contributed by atoms with Gasteiger partial charge in [-0.1, -0.05) is 24.3 Å². The Hall–Kier alpha value is -1.58. The molecule has 0 bridgehead atoms. The van der Waals surface area contributed by atoms with Crippen LogP contribution >= 0.6 is 0 Å². The fourth-order valence-corrected chi connectivity index (χ4v) is 1.93. The van der Waals surface area contributed by atoms with Crippen molar-refractivity contribution in [3.8, 4) is 0 Å². The van der Waals surface area contributed by atoms with Crippen molar-refractivity contribution in [3.63, 3.8) is 0 Å². The molecule has 3 N–H and O–H groups in total. The summed E-state index contributed by atoms with van der Waals surface area (Å²) in [5.41, 5.74) is 9.19. The number of nitrogens with zero attached hydrogens (tertiary/aromatic N) is 1. The first-order valence-electron chi connectivity index (χ1n) is 5.80. The molecule has 3 heteroatoms. The summed E-state index contributed by atoms with van der Waals surface area (Å²) in [5, 5.41) is 8.98. The average Bonchev–Trinajstić information content (AvgIpc) is 2.78. The van der Waals surface area contributed by atoms with Crippen LogP contribution in [-0.2, 0) is 13.2 Å². The van der Waals surface area contributed by atoms with Crippen LogP contribution < -0.4 is 5.73 Å². The third-order valence-electron chi connectivity index (χ3n) is 2.89. The Morgan fingerprint density at radius 1 is 1.18 bits per heavy atom. The Bertz CT molecular complexity index is 471. The molecule has 0 aliphatic rings. The monoisotopic (exact) mass is 230 g/mol. The van der Waals surface area contributed by atoms with Crippen LogP contribution in [0.4, 0.5) is 0 Å². The summed E-state index contributed by atoms with van der Waals surface area (Å²) in [6, 6.07) is 12.1. The SMILES string of the molecule is CC(N)c1cccn1Cc1ccc(CO)cc1. The molecule has 1 heterocycles. The summed E-state index contributed by atoms with van der Waals surface area (Å²) in [6.07, 6.45) is 2.04. The van der Waals surface area contributed by atoms with Gasteiger partial charge in [0.15, 0.2) is 0 Å². The largest absolute Gasteiger partial charge is 0.392 e. The summed E-state index contributed by atoms with van der Waals surface area (Å²) >= 11 is 0. The number of benzene rings is 1. The Morgan fingerprint density at radius 3 is 2.41 bits per heavy atom. The van der Waals surface area contributed by atoms with E-state index < -0.39 is 0 Å². The van der Waals surface area contributed by atoms with Gasteiger partial charge in [0, 0.05) is 24.5 Å². The van der Waals surface area contributed by atoms with Gasteiger partial charge < -0.3 is 15.4 Å². The zero-order valence-corrected chi connectivity index (χ0v) is 10.0. The molecule has 17 heavy (non-hydrogen) atoms. The van der Waals surface area contributed by atoms with E-state index in [1.165, 1.54) is 5.56 Å². The highest BCUT2D eigenvalue weighted by Gasteiger charge is 2.05. The molecule has 0 saturated carbocycles. The lowest BCUT2D eigenvalue weighted by atomic mass is 10.1. The minimum absolute atomic E-state index is 0.0433. The number of hydrogen-bond acceptors (Lipinski definition) is 2. The molecule has 2 aromatic rings. The first-order chi connectivity index (χ1) is 8.20. The van der Waals surface area contributed by atoms with Gasteiger partial charge in [0.1, 0.15) is 0 Å². The highest BCUT2D eigenvalue weighted by molar-refractivity contribution is 5.23. The van der Waals surface area contributed by atoms with Crippen LogP contribution in [0.15, 0.2) is 42.6 Å². The number of hydrogen-bond donors (Lipinski definition) is 2. The third kappa shape index (κ3) is 2.75. The van der Waals surface area contributed by atoms with Gasteiger partial charge in [0.05, 0.1) is 6.61 Å². The van der Waals surface area contributed by atoms with Crippen molar-refractivity contribution >= 4 is 0 Å². The topological polar surface area (TPSA) is 51.2 Å². The number of rotatable bonds is 4. The summed E-state index contributed by atoms with van der Waals surface area (Å²) in [7, 11) is 0. The van der Waals surface area contributed by atoms with Crippen molar-refractivity contribution in [1.29, 1.82) is 0 Å². The lowest BCUT2D eigenvalue weighted by Gasteiger charge is -2.12. The Labute approximate surface area is 102 Å². The molecule has 0 radical (unpaired) electrons. The molecular formula is C14H18N2O. The molecule has 1 aromatic carbocycles. The van der Waals surface area contributed by atoms with E-state index in [4.69, 9.17) is 10.8 Å². The predicted molar refractivity (Wildman–Crippen MR) is 68.5 cm³/mol. The fourth-order valence-electron chi connectivity index (χ4n) is 1.93. The second-order valence-corrected chi connectivity index (χ2v) is 4.32. The van der Waals surface area contributed by atoms with Crippen LogP contribution in [0.5, 0.6) is 0 Å². The normalized spacial score (nSPS) is 12.6. The smallest absolute Gasteiger partial charge is 0.0681 e. The van der Waals surface area contributed by atoms with E-state index in [0.29, 0.717) is 0 Å². The van der Waals surface area contributed by atoms with Gasteiger partial charge >= 0.3 is 0 Å². The predicted octanol–water partition coefficient (Wildman–Crippen LogP) is 2.05. The van der Waals surface area contributed by atoms with Crippen LogP contribution in [0.1, 0.15) is 29.8 Å². The highest BCUT2D eigenvalue weighted by Crippen LogP contribution is 2.13. The lowest BCUT2D eigenvalue weighted by Crippen LogP contribution is -2.12. The zero-order chi connectivity index (χ0) is 12.3. The van der Waals surface area contributed by atoms with Gasteiger partial charge in [-0.15, -0.1) is 0 Å². The number of nitrogens with two attached hydrogens (primary N) is 1. The third-order valence-corrected chi connectivity index (χ3v) is 2.89. The molecule has 1 unspecified atom stereocenters. The van der Waals surface area contributed by atoms with Crippen LogP contribution in [-0.4, -0.2) is 9.67 Å². The van der Waals surface area contributed by atoms with Crippen LogP contribution in [0.3, 0.4) is 0 Å². The maximum Gasteiger partial charge on any atom is 0.0681 e. The van der Waals surface area contributed by atoms with E-state index in [2.05, 4.69) is 4.57 Å². The van der Waals surface area contributed by atoms with E-state index in [9.17, 15) is 0 Å². The molecule has 0 aliphatic heterocycles. The molecule has 1 aromatic heterocycles. The summed E-state index contributed by atoms with van der Waals surface area (Å²) in [5.74, 6) is 0. The zero-order valence-electron chi connectivity index (χ0n) is 10.0. The summed E-state index contributed by atoms with van der Waals surface area (Å²) in [4.78, 5) is 0. The van der Waals surface area contributed by atoms with E-state index in [1.54, 1.807) is 0 Å². The number of aromatic nitrogens is 1. The van der Waals surface area contributed by atoms with Gasteiger partial charge in [-0.25, -0.2) is 0 Å². The van der Waals surface area contributed by atoms with Crippen LogP contribution in [0.25, 0.3) is 0 Å². The van der Waals surface area contributed by atoms with E-state index in [1.807, 2.05) is 49.5 Å². The molecule has 90 valence electrons. The Balaban J connectivity index is 2.16. The molecular weight excluding hydrogens is 212 g/mol. The summed E-state index contributed by atoms with van der Waals surface area (Å²) in [6.45, 7) is 2.89. The molecule has 0 amide bonds. The number of aliphatic hydroxyl groups excluding tert-OH is 1. The maximum atomic E-state index is 8.98. The van der Waals surface area contributed by atoms with Crippen molar-refractivity contribution in [3.05, 3.63) is 59.4 Å². The Morgan fingerprint density at radius 2 is 1.82 bits per heavy atom. The van der Waals surface area contributed by atoms with Crippen molar-refractivity contribution in [2.75, 3.05) is 0 Å². The standard InChI is InChI=1S/C14H18N2O/c1-11(15)14-3-2-8-16(14)9-12-4-6-13(10-17)7-5-12/h2-8,11,17H,9-10,15H2,1H3. The average molecular weight is 230 g/mol. The lowest BCUT2D eigenvalue weighted by molar-refractivity contribution is 0.282. The van der Waals surface area contributed by atoms with Crippen LogP contribution in [0, 0.1) is 0 Å². The molecule has 0 aliphatic carbocycles. The van der Waals surface area contributed by atoms with Gasteiger partial charge in [0.25, 0.3) is 0 Å². The van der Waals surface area contributed by atoms with Crippen LogP contribution in [0.2, 0.25) is 0 Å². The maximum absolute atomic E-state index is 8.98. The van der Waals surface area contributed by atoms with Gasteiger partial charge in [-0.2, -0.15) is 0 Å². The minimum Gasteiger partial charge on any atom is -0.392 e. The quantitative estimate of drug-likeness (QED) is 0.844. The van der Waals surface area contributed by atoms with Gasteiger partial charge in [0.2, 0.25) is 0 Å². The van der Waals surface area contributed by atoms with E-state index in [-0.39, 0.29) is 12.6 Å². The molecule has 3 nitrogen and oxygen atoms in total. The van der Waals surface area contributed by atoms with Crippen molar-refractivity contribution in [1.82, 2.24) is 4.57 Å². The fraction of sp³-hybridized carbons (Fsp3) is 0.286. The molecule has 2 rings (SSSR count). The Kier molecular flexibility index (Phi) is 3.61. The van der Waals surface area contributed by atoms with E-state index in [0.717, 1.165) is 17.8 Å². The molecule has 0 spiro atoms. The van der Waals surface area contributed by atoms with E-state index >= 15 is 0 Å². The van der Waals surface area contributed by atoms with Crippen molar-refractivity contribution < 1.29 is 5.11 Å². The summed E-state index contributed by atoms with van der Waals surface area (Å²) < 4.78 is 2.15. The molecule has 1 atom stereocenters. The molecule has 0 saturated heterocycles. The van der Waals surface area contributed by atoms with Crippen molar-refractivity contribution in [2.24, 2.45) is 5.73 Å². The van der Waals surface area contributed by atoms with Gasteiger partial charge in [-0.05, 0) is 30.2 Å². The van der Waals surface area contributed by atoms with Gasteiger partial charge in [-0.3, -0.25) is 0 Å².